The highest BCUT2D eigenvalue weighted by atomic mass is 16.6. The van der Waals surface area contributed by atoms with Gasteiger partial charge in [0.2, 0.25) is 0 Å². The van der Waals surface area contributed by atoms with Crippen LogP contribution in [0, 0.1) is 13.8 Å². The third-order valence-electron chi connectivity index (χ3n) is 8.26. The van der Waals surface area contributed by atoms with E-state index >= 15 is 0 Å². The van der Waals surface area contributed by atoms with Gasteiger partial charge in [0.1, 0.15) is 11.2 Å². The van der Waals surface area contributed by atoms with Crippen LogP contribution in [0.3, 0.4) is 0 Å². The molecule has 0 radical (unpaired) electrons. The number of benzene rings is 2. The molecule has 0 unspecified atom stereocenters. The molecule has 0 saturated carbocycles. The molecule has 9 nitrogen and oxygen atoms in total. The van der Waals surface area contributed by atoms with Crippen molar-refractivity contribution in [2.45, 2.75) is 79.4 Å². The lowest BCUT2D eigenvalue weighted by Crippen LogP contribution is -2.39. The molecule has 0 atom stereocenters. The number of nitrogens with zero attached hydrogens (tertiary/aromatic N) is 5. The van der Waals surface area contributed by atoms with Crippen molar-refractivity contribution >= 4 is 23.3 Å². The van der Waals surface area contributed by atoms with E-state index in [1.54, 1.807) is 9.80 Å². The third kappa shape index (κ3) is 7.52. The lowest BCUT2D eigenvalue weighted by molar-refractivity contribution is 0.0260. The highest BCUT2D eigenvalue weighted by Crippen LogP contribution is 2.32. The van der Waals surface area contributed by atoms with Crippen molar-refractivity contribution in [1.82, 2.24) is 24.6 Å². The second-order valence-corrected chi connectivity index (χ2v) is 14.3. The standard InChI is InChI=1S/C37H47N5O4/c1-24-22-28(10-12-30(24)26-14-18-41(19-15-26)34(43)45-36(3,4)5)32-38-39-33(40(32)9)29-11-13-31(25(2)23-29)27-16-20-42(21-17-27)35(44)46-37(6,7)8/h10-14,16,22-23H,15,17-21H2,1-9H3. The molecule has 0 spiro atoms. The lowest BCUT2D eigenvalue weighted by atomic mass is 9.94. The quantitative estimate of drug-likeness (QED) is 0.294. The summed E-state index contributed by atoms with van der Waals surface area (Å²) in [5.74, 6) is 1.61. The SMILES string of the molecule is Cc1cc(-c2nnc(-c3ccc(C4=CCN(C(=O)OC(C)(C)C)CC4)c(C)c3)n2C)ccc1C1=CCN(C(=O)OC(C)(C)C)CC1. The summed E-state index contributed by atoms with van der Waals surface area (Å²) in [7, 11) is 2.00. The Labute approximate surface area is 272 Å². The van der Waals surface area contributed by atoms with Crippen LogP contribution in [0.1, 0.15) is 76.6 Å². The second kappa shape index (κ2) is 12.8. The van der Waals surface area contributed by atoms with Crippen molar-refractivity contribution < 1.29 is 19.1 Å². The van der Waals surface area contributed by atoms with E-state index in [-0.39, 0.29) is 12.2 Å². The molecule has 0 fully saturated rings. The Morgan fingerprint density at radius 2 is 1.07 bits per heavy atom. The van der Waals surface area contributed by atoms with E-state index in [1.165, 1.54) is 22.3 Å². The van der Waals surface area contributed by atoms with Gasteiger partial charge in [0.15, 0.2) is 11.6 Å². The minimum absolute atomic E-state index is 0.268. The molecule has 5 rings (SSSR count). The fourth-order valence-electron chi connectivity index (χ4n) is 5.97. The number of hydrogen-bond acceptors (Lipinski definition) is 6. The molecule has 9 heteroatoms. The van der Waals surface area contributed by atoms with Crippen LogP contribution in [0.15, 0.2) is 48.6 Å². The first-order valence-electron chi connectivity index (χ1n) is 16.1. The molecule has 2 aromatic carbocycles. The summed E-state index contributed by atoms with van der Waals surface area (Å²) in [6.45, 7) is 17.9. The predicted molar refractivity (Wildman–Crippen MR) is 182 cm³/mol. The number of carbonyl (C=O) groups excluding carboxylic acids is 2. The number of aryl methyl sites for hydroxylation is 2. The number of amides is 2. The van der Waals surface area contributed by atoms with Crippen molar-refractivity contribution in [2.24, 2.45) is 7.05 Å². The summed E-state index contributed by atoms with van der Waals surface area (Å²) in [6, 6.07) is 12.8. The summed E-state index contributed by atoms with van der Waals surface area (Å²) in [6.07, 6.45) is 5.28. The van der Waals surface area contributed by atoms with Crippen LogP contribution < -0.4 is 0 Å². The van der Waals surface area contributed by atoms with E-state index in [0.717, 1.165) is 46.7 Å². The van der Waals surface area contributed by atoms with Crippen LogP contribution in [0.5, 0.6) is 0 Å². The average Bonchev–Trinajstić information content (AvgIpc) is 3.36. The van der Waals surface area contributed by atoms with Crippen LogP contribution in [-0.2, 0) is 16.5 Å². The zero-order valence-electron chi connectivity index (χ0n) is 28.7. The molecule has 3 heterocycles. The maximum Gasteiger partial charge on any atom is 0.410 e. The Kier molecular flexibility index (Phi) is 9.16. The van der Waals surface area contributed by atoms with Crippen LogP contribution in [0.2, 0.25) is 0 Å². The number of hydrogen-bond donors (Lipinski definition) is 0. The summed E-state index contributed by atoms with van der Waals surface area (Å²) >= 11 is 0. The number of rotatable bonds is 4. The van der Waals surface area contributed by atoms with E-state index in [2.05, 4.69) is 72.6 Å². The first kappa shape index (κ1) is 33.0. The summed E-state index contributed by atoms with van der Waals surface area (Å²) in [5.41, 5.74) is 8.17. The van der Waals surface area contributed by atoms with Gasteiger partial charge in [0.05, 0.1) is 0 Å². The van der Waals surface area contributed by atoms with Crippen molar-refractivity contribution in [1.29, 1.82) is 0 Å². The molecule has 0 bridgehead atoms. The lowest BCUT2D eigenvalue weighted by Gasteiger charge is -2.30. The van der Waals surface area contributed by atoms with E-state index in [4.69, 9.17) is 9.47 Å². The zero-order valence-corrected chi connectivity index (χ0v) is 28.7. The zero-order chi connectivity index (χ0) is 33.4. The molecule has 0 aliphatic carbocycles. The van der Waals surface area contributed by atoms with Gasteiger partial charge in [-0.2, -0.15) is 0 Å². The highest BCUT2D eigenvalue weighted by Gasteiger charge is 2.26. The topological polar surface area (TPSA) is 89.8 Å². The number of ether oxygens (including phenoxy) is 2. The molecule has 0 saturated heterocycles. The van der Waals surface area contributed by atoms with Crippen molar-refractivity contribution in [3.05, 3.63) is 70.8 Å². The van der Waals surface area contributed by atoms with E-state index in [9.17, 15) is 9.59 Å². The molecule has 244 valence electrons. The minimum Gasteiger partial charge on any atom is -0.444 e. The summed E-state index contributed by atoms with van der Waals surface area (Å²) < 4.78 is 13.1. The van der Waals surface area contributed by atoms with Crippen LogP contribution in [0.4, 0.5) is 9.59 Å². The molecule has 2 amide bonds. The highest BCUT2D eigenvalue weighted by molar-refractivity contribution is 5.77. The Morgan fingerprint density at radius 3 is 1.37 bits per heavy atom. The van der Waals surface area contributed by atoms with Crippen LogP contribution >= 0.6 is 0 Å². The molecule has 1 aromatic heterocycles. The maximum atomic E-state index is 12.5. The van der Waals surface area contributed by atoms with Gasteiger partial charge in [-0.15, -0.1) is 10.2 Å². The fraction of sp³-hybridized carbons (Fsp3) is 0.459. The van der Waals surface area contributed by atoms with Gasteiger partial charge in [-0.3, -0.25) is 0 Å². The van der Waals surface area contributed by atoms with Gasteiger partial charge < -0.3 is 23.8 Å². The predicted octanol–water partition coefficient (Wildman–Crippen LogP) is 7.81. The first-order chi connectivity index (χ1) is 21.6. The monoisotopic (exact) mass is 625 g/mol. The van der Waals surface area contributed by atoms with Crippen LogP contribution in [-0.4, -0.2) is 74.1 Å². The Hall–Kier alpha value is -4.40. The van der Waals surface area contributed by atoms with Gasteiger partial charge in [-0.1, -0.05) is 36.4 Å². The Morgan fingerprint density at radius 1 is 0.674 bits per heavy atom. The van der Waals surface area contributed by atoms with Gasteiger partial charge in [-0.25, -0.2) is 9.59 Å². The van der Waals surface area contributed by atoms with Gasteiger partial charge >= 0.3 is 12.2 Å². The maximum absolute atomic E-state index is 12.5. The normalized spacial score (nSPS) is 15.8. The molecular formula is C37H47N5O4. The van der Waals surface area contributed by atoms with E-state index < -0.39 is 11.2 Å². The molecule has 2 aliphatic heterocycles. The van der Waals surface area contributed by atoms with Gasteiger partial charge in [0.25, 0.3) is 0 Å². The average molecular weight is 626 g/mol. The molecule has 3 aromatic rings. The van der Waals surface area contributed by atoms with E-state index in [0.29, 0.717) is 26.2 Å². The number of carbonyl (C=O) groups is 2. The smallest absolute Gasteiger partial charge is 0.410 e. The van der Waals surface area contributed by atoms with Gasteiger partial charge in [-0.05, 0) is 114 Å². The molecular weight excluding hydrogens is 578 g/mol. The van der Waals surface area contributed by atoms with Crippen molar-refractivity contribution in [3.63, 3.8) is 0 Å². The fourth-order valence-corrected chi connectivity index (χ4v) is 5.97. The largest absolute Gasteiger partial charge is 0.444 e. The van der Waals surface area contributed by atoms with Crippen molar-refractivity contribution in [3.8, 4) is 22.8 Å². The minimum atomic E-state index is -0.503. The molecule has 2 aliphatic rings. The Balaban J connectivity index is 1.28. The summed E-state index contributed by atoms with van der Waals surface area (Å²) in [4.78, 5) is 28.5. The summed E-state index contributed by atoms with van der Waals surface area (Å²) in [5, 5.41) is 9.15. The van der Waals surface area contributed by atoms with Crippen LogP contribution in [0.25, 0.3) is 33.9 Å². The number of aromatic nitrogens is 3. The third-order valence-corrected chi connectivity index (χ3v) is 8.26. The molecule has 46 heavy (non-hydrogen) atoms. The van der Waals surface area contributed by atoms with Gasteiger partial charge in [0, 0.05) is 44.4 Å². The molecule has 0 N–H and O–H groups in total. The van der Waals surface area contributed by atoms with Crippen molar-refractivity contribution in [2.75, 3.05) is 26.2 Å². The van der Waals surface area contributed by atoms with E-state index in [1.807, 2.05) is 53.2 Å². The first-order valence-corrected chi connectivity index (χ1v) is 16.1. The second-order valence-electron chi connectivity index (χ2n) is 14.3. The Bertz CT molecular complexity index is 1580.